The molecular formula is C36H46ClN3O6. The minimum Gasteiger partial charge on any atom is -0.497 e. The van der Waals surface area contributed by atoms with Gasteiger partial charge in [-0.15, -0.1) is 0 Å². The molecule has 1 aliphatic carbocycles. The molecule has 9 atom stereocenters. The molecule has 5 aliphatic heterocycles. The molecule has 2 bridgehead atoms. The molecule has 9 nitrogen and oxygen atoms in total. The topological polar surface area (TPSA) is 74.8 Å². The van der Waals surface area contributed by atoms with Crippen LogP contribution in [-0.2, 0) is 24.0 Å². The fraction of sp³-hybridized carbons (Fsp3) is 0.639. The van der Waals surface area contributed by atoms with Crippen LogP contribution in [-0.4, -0.2) is 79.8 Å². The highest BCUT2D eigenvalue weighted by Gasteiger charge is 2.69. The summed E-state index contributed by atoms with van der Waals surface area (Å²) in [6.45, 7) is 13.0. The van der Waals surface area contributed by atoms with Crippen molar-refractivity contribution >= 4 is 39.1 Å². The van der Waals surface area contributed by atoms with Crippen molar-refractivity contribution in [3.05, 3.63) is 41.4 Å². The highest BCUT2D eigenvalue weighted by Crippen LogP contribution is 2.60. The SMILES string of the molecule is COc1ccc2nc3cc(Cl)ccc3c(N3CCN(CCO[C@H]4O[C@@H]5O[C@@]6(C)CC[C@H]7[C@H](C)CC[C@@H]([C@H]4C)[C@@]57OO6)C(C)C3)c2c1. The standard InChI is InChI=1S/C36H46ClN3O6/c1-21-6-10-29-23(3)33(43-34-36(29)28(21)12-13-35(4,44-34)45-46-36)42-17-16-39-14-15-40(20-22(39)2)32-26-9-7-24(37)18-31(26)38-30-11-8-25(41-5)19-27(30)32/h7-9,11,18-19,21-23,28-29,33-34H,6,10,12-17,20H2,1-5H3/t21-,22?,23-,28+,29+,33+,34-,35-,36-/m1/s1. The largest absolute Gasteiger partial charge is 0.497 e. The van der Waals surface area contributed by atoms with Gasteiger partial charge in [-0.1, -0.05) is 25.4 Å². The first-order chi connectivity index (χ1) is 22.2. The van der Waals surface area contributed by atoms with Crippen molar-refractivity contribution in [2.75, 3.05) is 44.8 Å². The lowest BCUT2D eigenvalue weighted by Gasteiger charge is -2.60. The van der Waals surface area contributed by atoms with Gasteiger partial charge in [-0.05, 0) is 81.3 Å². The van der Waals surface area contributed by atoms with Gasteiger partial charge in [0.15, 0.2) is 18.2 Å². The molecule has 6 aliphatic rings. The van der Waals surface area contributed by atoms with Crippen molar-refractivity contribution in [1.82, 2.24) is 9.88 Å². The van der Waals surface area contributed by atoms with E-state index in [0.717, 1.165) is 73.0 Å². The second-order valence-corrected chi connectivity index (χ2v) is 14.9. The van der Waals surface area contributed by atoms with Crippen LogP contribution < -0.4 is 9.64 Å². The number of hydrogen-bond acceptors (Lipinski definition) is 9. The number of anilines is 1. The zero-order chi connectivity index (χ0) is 31.8. The maximum atomic E-state index is 6.66. The third kappa shape index (κ3) is 5.00. The Morgan fingerprint density at radius 3 is 2.67 bits per heavy atom. The number of aromatic nitrogens is 1. The fourth-order valence-corrected chi connectivity index (χ4v) is 9.39. The van der Waals surface area contributed by atoms with Gasteiger partial charge >= 0.3 is 0 Å². The Balaban J connectivity index is 0.962. The summed E-state index contributed by atoms with van der Waals surface area (Å²) in [6, 6.07) is 12.4. The van der Waals surface area contributed by atoms with Crippen molar-refractivity contribution < 1.29 is 28.7 Å². The van der Waals surface area contributed by atoms with E-state index in [1.807, 2.05) is 31.2 Å². The van der Waals surface area contributed by atoms with Crippen molar-refractivity contribution in [2.24, 2.45) is 23.7 Å². The van der Waals surface area contributed by atoms with Gasteiger partial charge in [0.1, 0.15) is 5.75 Å². The summed E-state index contributed by atoms with van der Waals surface area (Å²) in [4.78, 5) is 22.2. The monoisotopic (exact) mass is 651 g/mol. The summed E-state index contributed by atoms with van der Waals surface area (Å²) in [5, 5.41) is 2.89. The average Bonchev–Trinajstić information content (AvgIpc) is 3.28. The first-order valence-electron chi connectivity index (χ1n) is 17.1. The lowest BCUT2D eigenvalue weighted by molar-refractivity contribution is -0.577. The first kappa shape index (κ1) is 31.1. The van der Waals surface area contributed by atoms with Gasteiger partial charge in [0.25, 0.3) is 0 Å². The predicted molar refractivity (Wildman–Crippen MR) is 177 cm³/mol. The Hall–Kier alpha value is -2.24. The van der Waals surface area contributed by atoms with Gasteiger partial charge in [0, 0.05) is 66.3 Å². The second-order valence-electron chi connectivity index (χ2n) is 14.5. The number of fused-ring (bicyclic) bond motifs is 4. The number of hydrogen-bond donors (Lipinski definition) is 0. The molecule has 5 saturated heterocycles. The minimum atomic E-state index is -0.777. The Morgan fingerprint density at radius 1 is 0.978 bits per heavy atom. The lowest BCUT2D eigenvalue weighted by Crippen LogP contribution is -2.70. The molecule has 1 aromatic heterocycles. The minimum absolute atomic E-state index is 0.175. The summed E-state index contributed by atoms with van der Waals surface area (Å²) in [5.74, 6) is 1.39. The van der Waals surface area contributed by atoms with E-state index in [1.165, 1.54) is 12.1 Å². The van der Waals surface area contributed by atoms with E-state index >= 15 is 0 Å². The molecule has 1 saturated carbocycles. The van der Waals surface area contributed by atoms with Gasteiger partial charge in [-0.3, -0.25) is 4.90 Å². The van der Waals surface area contributed by atoms with E-state index in [9.17, 15) is 0 Å². The molecule has 6 heterocycles. The smallest absolute Gasteiger partial charge is 0.201 e. The molecule has 0 N–H and O–H groups in total. The van der Waals surface area contributed by atoms with Gasteiger partial charge in [0.2, 0.25) is 5.79 Å². The molecule has 0 radical (unpaired) electrons. The molecule has 3 aromatic rings. The molecule has 46 heavy (non-hydrogen) atoms. The molecule has 0 amide bonds. The third-order valence-corrected chi connectivity index (χ3v) is 12.0. The number of nitrogens with zero attached hydrogens (tertiary/aromatic N) is 3. The highest BCUT2D eigenvalue weighted by atomic mass is 35.5. The maximum Gasteiger partial charge on any atom is 0.201 e. The van der Waals surface area contributed by atoms with Crippen LogP contribution in [0.2, 0.25) is 5.02 Å². The number of rotatable bonds is 6. The van der Waals surface area contributed by atoms with Crippen molar-refractivity contribution in [3.8, 4) is 5.75 Å². The Morgan fingerprint density at radius 2 is 1.85 bits per heavy atom. The summed E-state index contributed by atoms with van der Waals surface area (Å²) < 4.78 is 25.3. The summed E-state index contributed by atoms with van der Waals surface area (Å²) in [5.41, 5.74) is 2.47. The number of methoxy groups -OCH3 is 1. The van der Waals surface area contributed by atoms with Gasteiger partial charge in [-0.25, -0.2) is 14.8 Å². The van der Waals surface area contributed by atoms with E-state index in [1.54, 1.807) is 7.11 Å². The number of pyridine rings is 1. The Kier molecular flexibility index (Phi) is 7.91. The van der Waals surface area contributed by atoms with Crippen molar-refractivity contribution in [3.63, 3.8) is 0 Å². The summed E-state index contributed by atoms with van der Waals surface area (Å²) in [6.07, 6.45) is 3.28. The van der Waals surface area contributed by atoms with E-state index in [2.05, 4.69) is 42.7 Å². The number of benzene rings is 2. The van der Waals surface area contributed by atoms with Crippen molar-refractivity contribution in [1.29, 1.82) is 0 Å². The van der Waals surface area contributed by atoms with Crippen molar-refractivity contribution in [2.45, 2.75) is 83.4 Å². The van der Waals surface area contributed by atoms with Crippen LogP contribution >= 0.6 is 11.6 Å². The van der Waals surface area contributed by atoms with E-state index in [4.69, 9.17) is 45.3 Å². The van der Waals surface area contributed by atoms with Gasteiger partial charge < -0.3 is 23.8 Å². The van der Waals surface area contributed by atoms with E-state index in [-0.39, 0.29) is 18.1 Å². The normalized spacial score (nSPS) is 37.8. The quantitative estimate of drug-likeness (QED) is 0.212. The van der Waals surface area contributed by atoms with E-state index in [0.29, 0.717) is 29.5 Å². The number of ether oxygens (including phenoxy) is 4. The molecule has 248 valence electrons. The van der Waals surface area contributed by atoms with Gasteiger partial charge in [-0.2, -0.15) is 0 Å². The number of piperazine rings is 1. The summed E-state index contributed by atoms with van der Waals surface area (Å²) >= 11 is 6.39. The van der Waals surface area contributed by atoms with Crippen LogP contribution in [0.25, 0.3) is 21.8 Å². The Bertz CT molecular complexity index is 1630. The average molecular weight is 652 g/mol. The summed E-state index contributed by atoms with van der Waals surface area (Å²) in [7, 11) is 1.71. The zero-order valence-electron chi connectivity index (χ0n) is 27.5. The first-order valence-corrected chi connectivity index (χ1v) is 17.4. The third-order valence-electron chi connectivity index (χ3n) is 11.8. The molecular weight excluding hydrogens is 606 g/mol. The van der Waals surface area contributed by atoms with Crippen LogP contribution in [0.3, 0.4) is 0 Å². The molecule has 2 aromatic carbocycles. The second kappa shape index (κ2) is 11.7. The van der Waals surface area contributed by atoms with Crippen LogP contribution in [0.5, 0.6) is 5.75 Å². The Labute approximate surface area is 276 Å². The van der Waals surface area contributed by atoms with Crippen LogP contribution in [0.1, 0.15) is 53.4 Å². The maximum absolute atomic E-state index is 6.66. The highest BCUT2D eigenvalue weighted by molar-refractivity contribution is 6.31. The zero-order valence-corrected chi connectivity index (χ0v) is 28.3. The van der Waals surface area contributed by atoms with Crippen LogP contribution in [0.15, 0.2) is 36.4 Å². The fourth-order valence-electron chi connectivity index (χ4n) is 9.22. The molecule has 1 spiro atoms. The van der Waals surface area contributed by atoms with Gasteiger partial charge in [0.05, 0.1) is 30.4 Å². The number of halogens is 1. The van der Waals surface area contributed by atoms with E-state index < -0.39 is 17.7 Å². The molecule has 6 fully saturated rings. The molecule has 9 rings (SSSR count). The molecule has 10 heteroatoms. The van der Waals surface area contributed by atoms with Crippen LogP contribution in [0.4, 0.5) is 5.69 Å². The predicted octanol–water partition coefficient (Wildman–Crippen LogP) is 6.79. The molecule has 1 unspecified atom stereocenters. The lowest BCUT2D eigenvalue weighted by atomic mass is 9.58. The van der Waals surface area contributed by atoms with Crippen LogP contribution in [0, 0.1) is 23.7 Å².